The van der Waals surface area contributed by atoms with Crippen LogP contribution in [0.15, 0.2) is 43.1 Å². The second-order valence-corrected chi connectivity index (χ2v) is 4.31. The zero-order chi connectivity index (χ0) is 12.4. The summed E-state index contributed by atoms with van der Waals surface area (Å²) >= 11 is 0. The van der Waals surface area contributed by atoms with Gasteiger partial charge in [-0.25, -0.2) is 4.98 Å². The Kier molecular flexibility index (Phi) is 2.72. The second-order valence-electron chi connectivity index (χ2n) is 4.31. The van der Waals surface area contributed by atoms with Crippen LogP contribution < -0.4 is 5.32 Å². The molecule has 5 nitrogen and oxygen atoms in total. The van der Waals surface area contributed by atoms with Crippen LogP contribution in [0.5, 0.6) is 0 Å². The smallest absolute Gasteiger partial charge is 0.229 e. The van der Waals surface area contributed by atoms with Crippen molar-refractivity contribution in [2.75, 3.05) is 5.32 Å². The Balaban J connectivity index is 1.63. The number of nitrogens with one attached hydrogen (secondary N) is 1. The van der Waals surface area contributed by atoms with E-state index in [1.165, 1.54) is 0 Å². The van der Waals surface area contributed by atoms with Crippen LogP contribution in [0.1, 0.15) is 17.9 Å². The van der Waals surface area contributed by atoms with Gasteiger partial charge in [0, 0.05) is 30.7 Å². The molecule has 1 N–H and O–H groups in total. The molecule has 2 heterocycles. The van der Waals surface area contributed by atoms with E-state index >= 15 is 0 Å². The molecule has 0 saturated heterocycles. The second kappa shape index (κ2) is 4.52. The van der Waals surface area contributed by atoms with Crippen LogP contribution in [0.3, 0.4) is 0 Å². The van der Waals surface area contributed by atoms with E-state index in [0.29, 0.717) is 5.82 Å². The van der Waals surface area contributed by atoms with Gasteiger partial charge in [-0.05, 0) is 24.0 Å². The number of rotatable bonds is 3. The van der Waals surface area contributed by atoms with Gasteiger partial charge in [-0.2, -0.15) is 0 Å². The number of pyridine rings is 1. The zero-order valence-electron chi connectivity index (χ0n) is 9.65. The van der Waals surface area contributed by atoms with Crippen molar-refractivity contribution < 1.29 is 4.79 Å². The Morgan fingerprint density at radius 1 is 1.22 bits per heavy atom. The summed E-state index contributed by atoms with van der Waals surface area (Å²) in [4.78, 5) is 24.0. The molecule has 18 heavy (non-hydrogen) atoms. The lowest BCUT2D eigenvalue weighted by molar-refractivity contribution is -0.117. The highest BCUT2D eigenvalue weighted by molar-refractivity contribution is 5.94. The van der Waals surface area contributed by atoms with E-state index in [1.54, 1.807) is 24.8 Å². The molecule has 0 radical (unpaired) electrons. The fourth-order valence-corrected chi connectivity index (χ4v) is 2.03. The maximum Gasteiger partial charge on any atom is 0.229 e. The summed E-state index contributed by atoms with van der Waals surface area (Å²) < 4.78 is 0. The highest BCUT2D eigenvalue weighted by Gasteiger charge is 2.44. The van der Waals surface area contributed by atoms with Gasteiger partial charge in [-0.15, -0.1) is 0 Å². The third kappa shape index (κ3) is 2.20. The molecular formula is C13H12N4O. The summed E-state index contributed by atoms with van der Waals surface area (Å²) in [5, 5.41) is 2.77. The summed E-state index contributed by atoms with van der Waals surface area (Å²) in [6, 6.07) is 3.90. The Morgan fingerprint density at radius 3 is 2.83 bits per heavy atom. The monoisotopic (exact) mass is 240 g/mol. The molecule has 1 amide bonds. The maximum absolute atomic E-state index is 12.0. The van der Waals surface area contributed by atoms with Crippen LogP contribution in [0, 0.1) is 5.92 Å². The molecule has 0 unspecified atom stereocenters. The van der Waals surface area contributed by atoms with Crippen molar-refractivity contribution in [2.24, 2.45) is 5.92 Å². The Hall–Kier alpha value is -2.30. The number of anilines is 1. The SMILES string of the molecule is O=C(Nc1cnccn1)[C@H]1C[C@H]1c1cccnc1. The van der Waals surface area contributed by atoms with Crippen LogP contribution in [-0.4, -0.2) is 20.9 Å². The molecular weight excluding hydrogens is 228 g/mol. The van der Waals surface area contributed by atoms with Crippen molar-refractivity contribution in [1.29, 1.82) is 0 Å². The highest BCUT2D eigenvalue weighted by Crippen LogP contribution is 2.47. The number of carbonyl (C=O) groups excluding carboxylic acids is 1. The topological polar surface area (TPSA) is 67.8 Å². The van der Waals surface area contributed by atoms with Crippen molar-refractivity contribution in [3.8, 4) is 0 Å². The first kappa shape index (κ1) is 10.8. The van der Waals surface area contributed by atoms with Gasteiger partial charge in [0.2, 0.25) is 5.91 Å². The highest BCUT2D eigenvalue weighted by atomic mass is 16.2. The normalized spacial score (nSPS) is 21.3. The Morgan fingerprint density at radius 2 is 2.11 bits per heavy atom. The number of hydrogen-bond donors (Lipinski definition) is 1. The largest absolute Gasteiger partial charge is 0.309 e. The number of nitrogens with zero attached hydrogens (tertiary/aromatic N) is 3. The first-order valence-electron chi connectivity index (χ1n) is 5.81. The first-order valence-corrected chi connectivity index (χ1v) is 5.81. The van der Waals surface area contributed by atoms with Gasteiger partial charge in [0.25, 0.3) is 0 Å². The van der Waals surface area contributed by atoms with Crippen LogP contribution >= 0.6 is 0 Å². The minimum absolute atomic E-state index is 0.00403. The molecule has 0 aromatic carbocycles. The van der Waals surface area contributed by atoms with Gasteiger partial charge in [-0.1, -0.05) is 6.07 Å². The van der Waals surface area contributed by atoms with E-state index in [2.05, 4.69) is 20.3 Å². The fourth-order valence-electron chi connectivity index (χ4n) is 2.03. The molecule has 0 bridgehead atoms. The predicted molar refractivity (Wildman–Crippen MR) is 65.7 cm³/mol. The molecule has 2 aromatic heterocycles. The van der Waals surface area contributed by atoms with E-state index < -0.39 is 0 Å². The van der Waals surface area contributed by atoms with Crippen molar-refractivity contribution in [3.05, 3.63) is 48.7 Å². The maximum atomic E-state index is 12.0. The minimum atomic E-state index is 0.00403. The lowest BCUT2D eigenvalue weighted by Crippen LogP contribution is -2.15. The molecule has 0 aliphatic heterocycles. The summed E-state index contributed by atoms with van der Waals surface area (Å²) in [6.07, 6.45) is 9.10. The Bertz CT molecular complexity index is 543. The zero-order valence-corrected chi connectivity index (χ0v) is 9.65. The molecule has 2 atom stereocenters. The predicted octanol–water partition coefficient (Wildman–Crippen LogP) is 1.61. The lowest BCUT2D eigenvalue weighted by Gasteiger charge is -2.02. The molecule has 1 aliphatic rings. The summed E-state index contributed by atoms with van der Waals surface area (Å²) in [7, 11) is 0. The van der Waals surface area contributed by atoms with Crippen LogP contribution in [0.25, 0.3) is 0 Å². The Labute approximate surface area is 104 Å². The van der Waals surface area contributed by atoms with Gasteiger partial charge in [-0.3, -0.25) is 14.8 Å². The standard InChI is InChI=1S/C13H12N4O/c18-13(17-12-8-15-4-5-16-12)11-6-10(11)9-2-1-3-14-7-9/h1-5,7-8,10-11H,6H2,(H,16,17,18)/t10-,11-/m0/s1. The number of hydrogen-bond acceptors (Lipinski definition) is 4. The van der Waals surface area contributed by atoms with Gasteiger partial charge in [0.15, 0.2) is 5.82 Å². The van der Waals surface area contributed by atoms with Crippen molar-refractivity contribution >= 4 is 11.7 Å². The molecule has 5 heteroatoms. The average molecular weight is 240 g/mol. The summed E-state index contributed by atoms with van der Waals surface area (Å²) in [5.74, 6) is 0.815. The molecule has 2 aromatic rings. The van der Waals surface area contributed by atoms with Gasteiger partial charge >= 0.3 is 0 Å². The number of carbonyl (C=O) groups is 1. The lowest BCUT2D eigenvalue weighted by atomic mass is 10.1. The van der Waals surface area contributed by atoms with E-state index in [1.807, 2.05) is 18.3 Å². The van der Waals surface area contributed by atoms with Crippen molar-refractivity contribution in [1.82, 2.24) is 15.0 Å². The molecule has 0 spiro atoms. The molecule has 90 valence electrons. The third-order valence-electron chi connectivity index (χ3n) is 3.05. The molecule has 1 fully saturated rings. The van der Waals surface area contributed by atoms with Crippen LogP contribution in [-0.2, 0) is 4.79 Å². The molecule has 3 rings (SSSR count). The van der Waals surface area contributed by atoms with E-state index in [0.717, 1.165) is 12.0 Å². The molecule has 1 aliphatic carbocycles. The van der Waals surface area contributed by atoms with Crippen molar-refractivity contribution in [3.63, 3.8) is 0 Å². The van der Waals surface area contributed by atoms with Crippen molar-refractivity contribution in [2.45, 2.75) is 12.3 Å². The summed E-state index contributed by atoms with van der Waals surface area (Å²) in [6.45, 7) is 0. The van der Waals surface area contributed by atoms with Crippen LogP contribution in [0.4, 0.5) is 5.82 Å². The number of amides is 1. The third-order valence-corrected chi connectivity index (χ3v) is 3.05. The van der Waals surface area contributed by atoms with Crippen LogP contribution in [0.2, 0.25) is 0 Å². The van der Waals surface area contributed by atoms with Gasteiger partial charge in [0.1, 0.15) is 0 Å². The summed E-state index contributed by atoms with van der Waals surface area (Å²) in [5.41, 5.74) is 1.12. The number of aromatic nitrogens is 3. The van der Waals surface area contributed by atoms with E-state index in [4.69, 9.17) is 0 Å². The van der Waals surface area contributed by atoms with E-state index in [9.17, 15) is 4.79 Å². The quantitative estimate of drug-likeness (QED) is 0.885. The fraction of sp³-hybridized carbons (Fsp3) is 0.231. The minimum Gasteiger partial charge on any atom is -0.309 e. The average Bonchev–Trinajstić information content (AvgIpc) is 3.21. The first-order chi connectivity index (χ1) is 8.84. The molecule has 1 saturated carbocycles. The van der Waals surface area contributed by atoms with Gasteiger partial charge in [0.05, 0.1) is 6.20 Å². The van der Waals surface area contributed by atoms with Gasteiger partial charge < -0.3 is 5.32 Å². The van der Waals surface area contributed by atoms with E-state index in [-0.39, 0.29) is 17.7 Å².